The molecule has 1 N–H and O–H groups in total. The van der Waals surface area contributed by atoms with Gasteiger partial charge in [0.1, 0.15) is 25.0 Å². The van der Waals surface area contributed by atoms with Gasteiger partial charge in [-0.05, 0) is 43.7 Å². The van der Waals surface area contributed by atoms with Crippen molar-refractivity contribution in [1.82, 2.24) is 5.32 Å². The van der Waals surface area contributed by atoms with E-state index in [0.717, 1.165) is 16.1 Å². The van der Waals surface area contributed by atoms with E-state index in [1.807, 2.05) is 19.1 Å². The van der Waals surface area contributed by atoms with E-state index in [0.29, 0.717) is 36.1 Å². The number of hydrogen-bond acceptors (Lipinski definition) is 6. The van der Waals surface area contributed by atoms with Crippen LogP contribution in [0.1, 0.15) is 25.5 Å². The van der Waals surface area contributed by atoms with Crippen molar-refractivity contribution in [3.63, 3.8) is 0 Å². The van der Waals surface area contributed by atoms with Crippen molar-refractivity contribution in [2.75, 3.05) is 30.9 Å². The Morgan fingerprint density at radius 3 is 2.30 bits per heavy atom. The highest BCUT2D eigenvalue weighted by atomic mass is 32.2. The number of amides is 1. The van der Waals surface area contributed by atoms with Gasteiger partial charge in [0.05, 0.1) is 25.1 Å². The van der Waals surface area contributed by atoms with Gasteiger partial charge in [0.25, 0.3) is 0 Å². The molecule has 1 amide bonds. The number of rotatable bonds is 7. The molecule has 0 unspecified atom stereocenters. The summed E-state index contributed by atoms with van der Waals surface area (Å²) in [4.78, 5) is 12.9. The molecule has 3 rings (SSSR count). The van der Waals surface area contributed by atoms with E-state index in [9.17, 15) is 13.2 Å². The lowest BCUT2D eigenvalue weighted by atomic mass is 10.1. The van der Waals surface area contributed by atoms with Crippen LogP contribution >= 0.6 is 0 Å². The van der Waals surface area contributed by atoms with Gasteiger partial charge in [-0.25, -0.2) is 8.42 Å². The summed E-state index contributed by atoms with van der Waals surface area (Å²) in [6, 6.07) is 10.9. The maximum atomic E-state index is 12.9. The van der Waals surface area contributed by atoms with Gasteiger partial charge in [-0.1, -0.05) is 12.1 Å². The first-order valence-corrected chi connectivity index (χ1v) is 11.4. The van der Waals surface area contributed by atoms with Crippen LogP contribution in [0.2, 0.25) is 0 Å². The van der Waals surface area contributed by atoms with E-state index in [1.54, 1.807) is 44.4 Å². The number of methoxy groups -OCH3 is 1. The molecule has 0 radical (unpaired) electrons. The molecule has 2 atom stereocenters. The van der Waals surface area contributed by atoms with E-state index in [1.165, 1.54) is 0 Å². The number of carbonyl (C=O) groups is 1. The van der Waals surface area contributed by atoms with Crippen LogP contribution in [0, 0.1) is 0 Å². The quantitative estimate of drug-likeness (QED) is 0.720. The fraction of sp³-hybridized carbons (Fsp3) is 0.381. The van der Waals surface area contributed by atoms with Gasteiger partial charge >= 0.3 is 0 Å². The molecule has 0 saturated heterocycles. The Labute approximate surface area is 176 Å². The largest absolute Gasteiger partial charge is 0.497 e. The number of nitrogens with one attached hydrogen (secondary N) is 1. The number of hydrogen-bond donors (Lipinski definition) is 1. The Bertz CT molecular complexity index is 1010. The summed E-state index contributed by atoms with van der Waals surface area (Å²) in [5.74, 6) is 1.29. The molecule has 162 valence electrons. The van der Waals surface area contributed by atoms with Crippen LogP contribution in [0.3, 0.4) is 0 Å². The predicted octanol–water partition coefficient (Wildman–Crippen LogP) is 2.50. The zero-order valence-electron chi connectivity index (χ0n) is 17.4. The van der Waals surface area contributed by atoms with Gasteiger partial charge < -0.3 is 19.5 Å². The Kier molecular flexibility index (Phi) is 6.40. The summed E-state index contributed by atoms with van der Waals surface area (Å²) < 4.78 is 42.3. The third kappa shape index (κ3) is 4.79. The van der Waals surface area contributed by atoms with Crippen molar-refractivity contribution in [2.24, 2.45) is 0 Å². The smallest absolute Gasteiger partial charge is 0.244 e. The van der Waals surface area contributed by atoms with Crippen molar-refractivity contribution in [1.29, 1.82) is 0 Å². The lowest BCUT2D eigenvalue weighted by Crippen LogP contribution is -2.48. The van der Waals surface area contributed by atoms with E-state index >= 15 is 0 Å². The Balaban J connectivity index is 1.81. The number of fused-ring (bicyclic) bond motifs is 1. The van der Waals surface area contributed by atoms with Crippen molar-refractivity contribution in [2.45, 2.75) is 25.9 Å². The van der Waals surface area contributed by atoms with Crippen molar-refractivity contribution in [3.05, 3.63) is 48.0 Å². The number of benzene rings is 2. The van der Waals surface area contributed by atoms with Crippen LogP contribution in [0.4, 0.5) is 5.69 Å². The van der Waals surface area contributed by atoms with E-state index < -0.39 is 22.0 Å². The van der Waals surface area contributed by atoms with Crippen LogP contribution < -0.4 is 23.8 Å². The fourth-order valence-corrected chi connectivity index (χ4v) is 4.45. The highest BCUT2D eigenvalue weighted by Crippen LogP contribution is 2.35. The molecule has 1 aliphatic rings. The molecule has 0 spiro atoms. The molecule has 0 bridgehead atoms. The second kappa shape index (κ2) is 8.83. The van der Waals surface area contributed by atoms with Crippen LogP contribution in [0.25, 0.3) is 0 Å². The lowest BCUT2D eigenvalue weighted by molar-refractivity contribution is -0.122. The summed E-state index contributed by atoms with van der Waals surface area (Å²) in [6.45, 7) is 4.20. The second-order valence-corrected chi connectivity index (χ2v) is 8.93. The van der Waals surface area contributed by atoms with Gasteiger partial charge in [0.2, 0.25) is 15.9 Å². The van der Waals surface area contributed by atoms with Crippen LogP contribution in [0.15, 0.2) is 42.5 Å². The maximum Gasteiger partial charge on any atom is 0.244 e. The highest BCUT2D eigenvalue weighted by molar-refractivity contribution is 7.92. The standard InChI is InChI=1S/C21H26N2O6S/c1-14(16-5-8-18(27-3)9-6-16)22-21(24)15(2)23(30(4,25)26)17-7-10-19-20(13-17)29-12-11-28-19/h5-10,13-15H,11-12H2,1-4H3,(H,22,24)/t14-,15+/m1/s1. The van der Waals surface area contributed by atoms with Gasteiger partial charge in [0.15, 0.2) is 11.5 Å². The third-order valence-electron chi connectivity index (χ3n) is 4.84. The molecular weight excluding hydrogens is 408 g/mol. The minimum absolute atomic E-state index is 0.312. The van der Waals surface area contributed by atoms with Crippen LogP contribution in [-0.4, -0.2) is 46.9 Å². The molecule has 30 heavy (non-hydrogen) atoms. The number of ether oxygens (including phenoxy) is 3. The molecule has 0 aromatic heterocycles. The van der Waals surface area contributed by atoms with Crippen molar-refractivity contribution >= 4 is 21.6 Å². The van der Waals surface area contributed by atoms with Crippen molar-refractivity contribution < 1.29 is 27.4 Å². The van der Waals surface area contributed by atoms with E-state index in [2.05, 4.69) is 5.32 Å². The fourth-order valence-electron chi connectivity index (χ4n) is 3.29. The lowest BCUT2D eigenvalue weighted by Gasteiger charge is -2.30. The summed E-state index contributed by atoms with van der Waals surface area (Å²) in [5.41, 5.74) is 1.21. The predicted molar refractivity (Wildman–Crippen MR) is 114 cm³/mol. The van der Waals surface area contributed by atoms with E-state index in [4.69, 9.17) is 14.2 Å². The average molecular weight is 435 g/mol. The first-order valence-electron chi connectivity index (χ1n) is 9.54. The topological polar surface area (TPSA) is 94.2 Å². The molecular formula is C21H26N2O6S. The molecule has 2 aromatic carbocycles. The molecule has 8 nitrogen and oxygen atoms in total. The van der Waals surface area contributed by atoms with Gasteiger partial charge in [-0.2, -0.15) is 0 Å². The van der Waals surface area contributed by atoms with E-state index in [-0.39, 0.29) is 6.04 Å². The number of carbonyl (C=O) groups excluding carboxylic acids is 1. The van der Waals surface area contributed by atoms with Crippen LogP contribution in [0.5, 0.6) is 17.2 Å². The van der Waals surface area contributed by atoms with Crippen LogP contribution in [-0.2, 0) is 14.8 Å². The maximum absolute atomic E-state index is 12.9. The second-order valence-electron chi connectivity index (χ2n) is 7.07. The third-order valence-corrected chi connectivity index (χ3v) is 6.08. The monoisotopic (exact) mass is 434 g/mol. The van der Waals surface area contributed by atoms with Crippen molar-refractivity contribution in [3.8, 4) is 17.2 Å². The van der Waals surface area contributed by atoms with Gasteiger partial charge in [-0.3, -0.25) is 9.10 Å². The Hall–Kier alpha value is -2.94. The average Bonchev–Trinajstić information content (AvgIpc) is 2.72. The van der Waals surface area contributed by atoms with Gasteiger partial charge in [0, 0.05) is 6.07 Å². The first kappa shape index (κ1) is 21.8. The summed E-state index contributed by atoms with van der Waals surface area (Å²) >= 11 is 0. The SMILES string of the molecule is COc1ccc([C@@H](C)NC(=O)[C@H](C)N(c2ccc3c(c2)OCCO3)S(C)(=O)=O)cc1. The number of nitrogens with zero attached hydrogens (tertiary/aromatic N) is 1. The molecule has 0 fully saturated rings. The zero-order valence-corrected chi connectivity index (χ0v) is 18.2. The molecule has 1 aliphatic heterocycles. The molecule has 0 aliphatic carbocycles. The van der Waals surface area contributed by atoms with Gasteiger partial charge in [-0.15, -0.1) is 0 Å². The summed E-state index contributed by atoms with van der Waals surface area (Å²) in [7, 11) is -2.16. The Morgan fingerprint density at radius 1 is 1.07 bits per heavy atom. The normalized spacial score (nSPS) is 15.1. The molecule has 1 heterocycles. The first-order chi connectivity index (χ1) is 14.2. The molecule has 9 heteroatoms. The zero-order chi connectivity index (χ0) is 21.9. The molecule has 2 aromatic rings. The minimum Gasteiger partial charge on any atom is -0.497 e. The number of sulfonamides is 1. The summed E-state index contributed by atoms with van der Waals surface area (Å²) in [6.07, 6.45) is 1.07. The highest BCUT2D eigenvalue weighted by Gasteiger charge is 2.31. The number of anilines is 1. The summed E-state index contributed by atoms with van der Waals surface area (Å²) in [5, 5.41) is 2.88. The Morgan fingerprint density at radius 2 is 1.70 bits per heavy atom. The minimum atomic E-state index is -3.74. The molecule has 0 saturated carbocycles.